The van der Waals surface area contributed by atoms with Crippen LogP contribution in [0.1, 0.15) is 39.2 Å². The normalized spacial score (nSPS) is 20.7. The number of urea groups is 1. The molecule has 0 saturated carbocycles. The van der Waals surface area contributed by atoms with E-state index in [1.807, 2.05) is 6.92 Å². The number of alkyl halides is 2. The Morgan fingerprint density at radius 3 is 2.88 bits per heavy atom. The summed E-state index contributed by atoms with van der Waals surface area (Å²) in [5, 5.41) is 11.9. The summed E-state index contributed by atoms with van der Waals surface area (Å²) >= 11 is 0. The number of aliphatic hydroxyl groups excluding tert-OH is 1. The number of hydrogen-bond acceptors (Lipinski definition) is 4. The number of nitrogens with one attached hydrogen (secondary N) is 1. The Bertz CT molecular complexity index is 613. The van der Waals surface area contributed by atoms with Crippen LogP contribution < -0.4 is 10.1 Å². The molecule has 6 nitrogen and oxygen atoms in total. The maximum absolute atomic E-state index is 13.5. The molecular formula is C18H27F2N3O3. The van der Waals surface area contributed by atoms with E-state index in [0.29, 0.717) is 11.8 Å². The van der Waals surface area contributed by atoms with Crippen LogP contribution in [-0.2, 0) is 6.54 Å². The first-order valence-electron chi connectivity index (χ1n) is 8.87. The van der Waals surface area contributed by atoms with Crippen molar-refractivity contribution in [3.8, 4) is 5.88 Å². The van der Waals surface area contributed by atoms with E-state index in [1.165, 1.54) is 0 Å². The van der Waals surface area contributed by atoms with Gasteiger partial charge in [-0.25, -0.2) is 18.6 Å². The number of halogens is 2. The molecule has 1 aliphatic heterocycles. The van der Waals surface area contributed by atoms with Crippen LogP contribution in [0.15, 0.2) is 18.3 Å². The molecule has 26 heavy (non-hydrogen) atoms. The average Bonchev–Trinajstić information content (AvgIpc) is 2.54. The summed E-state index contributed by atoms with van der Waals surface area (Å²) in [6.45, 7) is 5.70. The number of likely N-dealkylation sites (tertiary alicyclic amines) is 1. The predicted molar refractivity (Wildman–Crippen MR) is 93.2 cm³/mol. The lowest BCUT2D eigenvalue weighted by atomic mass is 10.0. The number of carbonyl (C=O) groups excluding carboxylic acids is 1. The first-order chi connectivity index (χ1) is 12.2. The summed E-state index contributed by atoms with van der Waals surface area (Å²) in [7, 11) is 0. The smallest absolute Gasteiger partial charge is 0.317 e. The van der Waals surface area contributed by atoms with Crippen molar-refractivity contribution in [3.63, 3.8) is 0 Å². The molecule has 1 fully saturated rings. The van der Waals surface area contributed by atoms with Crippen molar-refractivity contribution >= 4 is 6.03 Å². The molecule has 146 valence electrons. The average molecular weight is 371 g/mol. The molecule has 1 saturated heterocycles. The molecule has 8 heteroatoms. The van der Waals surface area contributed by atoms with Gasteiger partial charge in [-0.05, 0) is 37.3 Å². The number of piperidine rings is 1. The fraction of sp³-hybridized carbons (Fsp3) is 0.667. The Balaban J connectivity index is 1.87. The summed E-state index contributed by atoms with van der Waals surface area (Å²) in [5.41, 5.74) is 0.768. The highest BCUT2D eigenvalue weighted by molar-refractivity contribution is 5.74. The number of aliphatic hydroxyl groups is 1. The van der Waals surface area contributed by atoms with E-state index in [9.17, 15) is 18.7 Å². The van der Waals surface area contributed by atoms with E-state index >= 15 is 0 Å². The van der Waals surface area contributed by atoms with Crippen LogP contribution in [0, 0.1) is 5.92 Å². The predicted octanol–water partition coefficient (Wildman–Crippen LogP) is 2.81. The van der Waals surface area contributed by atoms with Crippen LogP contribution in [0.5, 0.6) is 5.88 Å². The number of ether oxygens (including phenoxy) is 1. The zero-order valence-electron chi connectivity index (χ0n) is 15.4. The van der Waals surface area contributed by atoms with Gasteiger partial charge in [-0.15, -0.1) is 0 Å². The van der Waals surface area contributed by atoms with Gasteiger partial charge in [0.05, 0.1) is 12.6 Å². The standard InChI is InChI=1S/C18H27F2N3O3/c1-12(2)8-13(3)26-16-9-14(4-6-21-16)10-22-17(25)23-7-5-15(24)18(19,20)11-23/h4,6,9,12-13,15,24H,5,7-8,10-11H2,1-3H3,(H,22,25). The number of hydrogen-bond donors (Lipinski definition) is 2. The SMILES string of the molecule is CC(C)CC(C)Oc1cc(CNC(=O)N2CCC(O)C(F)(F)C2)ccn1. The van der Waals surface area contributed by atoms with Gasteiger partial charge >= 0.3 is 6.03 Å². The molecule has 2 N–H and O–H groups in total. The maximum Gasteiger partial charge on any atom is 0.317 e. The first-order valence-corrected chi connectivity index (χ1v) is 8.87. The molecule has 0 spiro atoms. The van der Waals surface area contributed by atoms with E-state index in [4.69, 9.17) is 4.74 Å². The van der Waals surface area contributed by atoms with Crippen molar-refractivity contribution in [2.24, 2.45) is 5.92 Å². The highest BCUT2D eigenvalue weighted by Crippen LogP contribution is 2.27. The molecule has 1 aliphatic rings. The van der Waals surface area contributed by atoms with Crippen LogP contribution in [0.3, 0.4) is 0 Å². The third kappa shape index (κ3) is 5.79. The largest absolute Gasteiger partial charge is 0.475 e. The van der Waals surface area contributed by atoms with Crippen LogP contribution in [0.25, 0.3) is 0 Å². The molecule has 0 radical (unpaired) electrons. The molecule has 2 rings (SSSR count). The van der Waals surface area contributed by atoms with Gasteiger partial charge in [-0.3, -0.25) is 0 Å². The second kappa shape index (κ2) is 8.62. The van der Waals surface area contributed by atoms with Crippen molar-refractivity contribution in [2.75, 3.05) is 13.1 Å². The Labute approximate surface area is 152 Å². The van der Waals surface area contributed by atoms with E-state index in [2.05, 4.69) is 24.1 Å². The third-order valence-electron chi connectivity index (χ3n) is 4.22. The van der Waals surface area contributed by atoms with Gasteiger partial charge in [0.25, 0.3) is 5.92 Å². The summed E-state index contributed by atoms with van der Waals surface area (Å²) in [5.74, 6) is -2.30. The first kappa shape index (κ1) is 20.4. The topological polar surface area (TPSA) is 74.7 Å². The molecule has 2 amide bonds. The van der Waals surface area contributed by atoms with Gasteiger partial charge in [0.2, 0.25) is 5.88 Å². The van der Waals surface area contributed by atoms with E-state index < -0.39 is 24.6 Å². The van der Waals surface area contributed by atoms with Gasteiger partial charge in [-0.2, -0.15) is 0 Å². The summed E-state index contributed by atoms with van der Waals surface area (Å²) < 4.78 is 32.8. The molecule has 1 aromatic heterocycles. The number of nitrogens with zero attached hydrogens (tertiary/aromatic N) is 2. The highest BCUT2D eigenvalue weighted by atomic mass is 19.3. The highest BCUT2D eigenvalue weighted by Gasteiger charge is 2.44. The van der Waals surface area contributed by atoms with E-state index in [0.717, 1.165) is 16.9 Å². The fourth-order valence-corrected chi connectivity index (χ4v) is 2.93. The lowest BCUT2D eigenvalue weighted by Crippen LogP contribution is -2.55. The van der Waals surface area contributed by atoms with Gasteiger partial charge in [0.15, 0.2) is 0 Å². The molecule has 0 aliphatic carbocycles. The quantitative estimate of drug-likeness (QED) is 0.806. The van der Waals surface area contributed by atoms with Crippen LogP contribution in [0.2, 0.25) is 0 Å². The minimum absolute atomic E-state index is 0.0225. The minimum Gasteiger partial charge on any atom is -0.475 e. The number of pyridine rings is 1. The maximum atomic E-state index is 13.5. The fourth-order valence-electron chi connectivity index (χ4n) is 2.93. The van der Waals surface area contributed by atoms with Crippen LogP contribution >= 0.6 is 0 Å². The molecule has 2 heterocycles. The summed E-state index contributed by atoms with van der Waals surface area (Å²) in [6, 6.07) is 2.88. The van der Waals surface area contributed by atoms with Gasteiger partial charge in [0.1, 0.15) is 6.10 Å². The summed E-state index contributed by atoms with van der Waals surface area (Å²) in [4.78, 5) is 17.3. The van der Waals surface area contributed by atoms with Crippen molar-refractivity contribution in [2.45, 2.75) is 58.3 Å². The Hall–Kier alpha value is -1.96. The van der Waals surface area contributed by atoms with Crippen molar-refractivity contribution in [3.05, 3.63) is 23.9 Å². The van der Waals surface area contributed by atoms with Crippen molar-refractivity contribution < 1.29 is 23.4 Å². The monoisotopic (exact) mass is 371 g/mol. The van der Waals surface area contributed by atoms with Crippen LogP contribution in [-0.4, -0.2) is 52.2 Å². The van der Waals surface area contributed by atoms with Gasteiger partial charge in [-0.1, -0.05) is 13.8 Å². The lowest BCUT2D eigenvalue weighted by Gasteiger charge is -2.35. The number of carbonyl (C=O) groups is 1. The second-order valence-electron chi connectivity index (χ2n) is 7.21. The molecular weight excluding hydrogens is 344 g/mol. The van der Waals surface area contributed by atoms with Gasteiger partial charge < -0.3 is 20.1 Å². The number of amides is 2. The van der Waals surface area contributed by atoms with E-state index in [1.54, 1.807) is 18.3 Å². The second-order valence-corrected chi connectivity index (χ2v) is 7.21. The molecule has 0 aromatic carbocycles. The Morgan fingerprint density at radius 1 is 1.50 bits per heavy atom. The number of aromatic nitrogens is 1. The number of rotatable bonds is 6. The molecule has 2 atom stereocenters. The Morgan fingerprint density at radius 2 is 2.23 bits per heavy atom. The van der Waals surface area contributed by atoms with Crippen LogP contribution in [0.4, 0.5) is 13.6 Å². The minimum atomic E-state index is -3.28. The third-order valence-corrected chi connectivity index (χ3v) is 4.22. The van der Waals surface area contributed by atoms with E-state index in [-0.39, 0.29) is 25.6 Å². The lowest BCUT2D eigenvalue weighted by molar-refractivity contribution is -0.141. The van der Waals surface area contributed by atoms with Crippen molar-refractivity contribution in [1.82, 2.24) is 15.2 Å². The Kier molecular flexibility index (Phi) is 6.75. The molecule has 0 bridgehead atoms. The van der Waals surface area contributed by atoms with Gasteiger partial charge in [0, 0.05) is 25.4 Å². The summed E-state index contributed by atoms with van der Waals surface area (Å²) in [6.07, 6.45) is 0.678. The molecule has 2 unspecified atom stereocenters. The zero-order valence-corrected chi connectivity index (χ0v) is 15.4. The van der Waals surface area contributed by atoms with Crippen molar-refractivity contribution in [1.29, 1.82) is 0 Å². The zero-order chi connectivity index (χ0) is 19.3. The molecule has 1 aromatic rings.